The number of carboxylic acid groups (broad SMARTS) is 1. The van der Waals surface area contributed by atoms with Gasteiger partial charge in [-0.05, 0) is 22.4 Å². The number of carboxylic acids is 1. The molecule has 0 saturated carbocycles. The zero-order chi connectivity index (χ0) is 12.1. The highest BCUT2D eigenvalue weighted by Gasteiger charge is 2.19. The van der Waals surface area contributed by atoms with Crippen LogP contribution in [0.25, 0.3) is 0 Å². The van der Waals surface area contributed by atoms with E-state index in [2.05, 4.69) is 20.6 Å². The highest BCUT2D eigenvalue weighted by molar-refractivity contribution is 5.76. The van der Waals surface area contributed by atoms with Crippen LogP contribution in [0.15, 0.2) is 30.3 Å². The van der Waals surface area contributed by atoms with Crippen molar-refractivity contribution in [2.24, 2.45) is 0 Å². The van der Waals surface area contributed by atoms with Crippen LogP contribution in [0.4, 0.5) is 0 Å². The van der Waals surface area contributed by atoms with Crippen LogP contribution >= 0.6 is 0 Å². The minimum atomic E-state index is -0.830. The van der Waals surface area contributed by atoms with Crippen LogP contribution in [0.2, 0.25) is 0 Å². The Bertz CT molecular complexity index is 469. The van der Waals surface area contributed by atoms with Gasteiger partial charge in [0.25, 0.3) is 0 Å². The van der Waals surface area contributed by atoms with E-state index in [0.717, 1.165) is 5.56 Å². The number of nitrogens with zero attached hydrogens (tertiary/aromatic N) is 3. The average Bonchev–Trinajstić information content (AvgIpc) is 2.83. The van der Waals surface area contributed by atoms with Crippen molar-refractivity contribution in [3.8, 4) is 0 Å². The molecule has 1 atom stereocenters. The molecular formula is C11H12N4O2. The summed E-state index contributed by atoms with van der Waals surface area (Å²) < 4.78 is 0. The Balaban J connectivity index is 2.06. The molecule has 0 aliphatic carbocycles. The fourth-order valence-electron chi connectivity index (χ4n) is 1.68. The number of benzene rings is 1. The van der Waals surface area contributed by atoms with Crippen molar-refractivity contribution in [2.45, 2.75) is 18.8 Å². The molecule has 1 aromatic carbocycles. The molecule has 2 rings (SSSR count). The second kappa shape index (κ2) is 5.20. The maximum Gasteiger partial charge on any atom is 0.310 e. The number of carbonyl (C=O) groups is 1. The molecule has 0 saturated heterocycles. The molecule has 0 radical (unpaired) electrons. The van der Waals surface area contributed by atoms with Crippen LogP contribution in [0, 0.1) is 0 Å². The molecule has 1 heterocycles. The zero-order valence-electron chi connectivity index (χ0n) is 9.08. The molecule has 0 aliphatic rings. The molecule has 2 aromatic rings. The van der Waals surface area contributed by atoms with E-state index >= 15 is 0 Å². The normalized spacial score (nSPS) is 12.2. The van der Waals surface area contributed by atoms with Crippen LogP contribution in [-0.2, 0) is 11.2 Å². The third kappa shape index (κ3) is 2.87. The number of aromatic nitrogens is 4. The molecule has 0 aliphatic heterocycles. The Morgan fingerprint density at radius 3 is 2.71 bits per heavy atom. The monoisotopic (exact) mass is 232 g/mol. The fourth-order valence-corrected chi connectivity index (χ4v) is 1.68. The number of aromatic amines is 1. The Hall–Kier alpha value is -2.24. The Labute approximate surface area is 97.7 Å². The summed E-state index contributed by atoms with van der Waals surface area (Å²) in [5, 5.41) is 22.4. The van der Waals surface area contributed by atoms with Crippen LogP contribution in [0.3, 0.4) is 0 Å². The maximum atomic E-state index is 11.2. The molecule has 17 heavy (non-hydrogen) atoms. The van der Waals surface area contributed by atoms with Gasteiger partial charge >= 0.3 is 5.97 Å². The van der Waals surface area contributed by atoms with Gasteiger partial charge in [-0.25, -0.2) is 5.10 Å². The highest BCUT2D eigenvalue weighted by Crippen LogP contribution is 2.20. The molecule has 1 aromatic heterocycles. The lowest BCUT2D eigenvalue weighted by Gasteiger charge is -2.11. The molecule has 0 fully saturated rings. The van der Waals surface area contributed by atoms with E-state index in [4.69, 9.17) is 0 Å². The summed E-state index contributed by atoms with van der Waals surface area (Å²) in [5.74, 6) is -0.753. The Morgan fingerprint density at radius 1 is 1.35 bits per heavy atom. The number of hydrogen-bond acceptors (Lipinski definition) is 4. The van der Waals surface area contributed by atoms with Gasteiger partial charge in [0.2, 0.25) is 0 Å². The maximum absolute atomic E-state index is 11.2. The first-order chi connectivity index (χ1) is 8.27. The SMILES string of the molecule is O=C(O)[C@@H](CCc1nnn[nH]1)c1ccccc1. The van der Waals surface area contributed by atoms with Gasteiger partial charge in [0.15, 0.2) is 0 Å². The molecule has 6 heteroatoms. The van der Waals surface area contributed by atoms with Crippen molar-refractivity contribution in [2.75, 3.05) is 0 Å². The molecule has 6 nitrogen and oxygen atoms in total. The van der Waals surface area contributed by atoms with Crippen LogP contribution < -0.4 is 0 Å². The third-order valence-electron chi connectivity index (χ3n) is 2.56. The first-order valence-corrected chi connectivity index (χ1v) is 5.27. The average molecular weight is 232 g/mol. The molecule has 0 unspecified atom stereocenters. The predicted octanol–water partition coefficient (Wildman–Crippen LogP) is 1.00. The molecule has 2 N–H and O–H groups in total. The lowest BCUT2D eigenvalue weighted by molar-refractivity contribution is -0.138. The van der Waals surface area contributed by atoms with Crippen molar-refractivity contribution in [1.82, 2.24) is 20.6 Å². The van der Waals surface area contributed by atoms with Gasteiger partial charge in [0.1, 0.15) is 5.82 Å². The fraction of sp³-hybridized carbons (Fsp3) is 0.273. The summed E-state index contributed by atoms with van der Waals surface area (Å²) in [6, 6.07) is 9.17. The van der Waals surface area contributed by atoms with Gasteiger partial charge < -0.3 is 5.11 Å². The van der Waals surface area contributed by atoms with Crippen molar-refractivity contribution in [3.05, 3.63) is 41.7 Å². The lowest BCUT2D eigenvalue weighted by atomic mass is 9.94. The van der Waals surface area contributed by atoms with Gasteiger partial charge in [0.05, 0.1) is 5.92 Å². The number of aliphatic carboxylic acids is 1. The first-order valence-electron chi connectivity index (χ1n) is 5.27. The topological polar surface area (TPSA) is 91.8 Å². The molecular weight excluding hydrogens is 220 g/mol. The summed E-state index contributed by atoms with van der Waals surface area (Å²) in [6.07, 6.45) is 0.981. The number of aryl methyl sites for hydroxylation is 1. The Morgan fingerprint density at radius 2 is 2.12 bits per heavy atom. The van der Waals surface area contributed by atoms with E-state index in [0.29, 0.717) is 18.7 Å². The van der Waals surface area contributed by atoms with Gasteiger partial charge in [-0.1, -0.05) is 30.3 Å². The van der Waals surface area contributed by atoms with Crippen LogP contribution in [0.5, 0.6) is 0 Å². The van der Waals surface area contributed by atoms with Gasteiger partial charge in [-0.3, -0.25) is 4.79 Å². The standard InChI is InChI=1S/C11H12N4O2/c16-11(17)9(8-4-2-1-3-5-8)6-7-10-12-14-15-13-10/h1-5,9H,6-7H2,(H,16,17)(H,12,13,14,15)/t9-/m0/s1. The van der Waals surface area contributed by atoms with Gasteiger partial charge in [-0.2, -0.15) is 0 Å². The lowest BCUT2D eigenvalue weighted by Crippen LogP contribution is -2.12. The van der Waals surface area contributed by atoms with Crippen molar-refractivity contribution in [1.29, 1.82) is 0 Å². The quantitative estimate of drug-likeness (QED) is 0.802. The third-order valence-corrected chi connectivity index (χ3v) is 2.56. The number of hydrogen-bond donors (Lipinski definition) is 2. The first kappa shape index (κ1) is 11.3. The number of H-pyrrole nitrogens is 1. The van der Waals surface area contributed by atoms with E-state index in [9.17, 15) is 9.90 Å². The molecule has 88 valence electrons. The number of rotatable bonds is 5. The van der Waals surface area contributed by atoms with E-state index in [1.807, 2.05) is 30.3 Å². The summed E-state index contributed by atoms with van der Waals surface area (Å²) in [4.78, 5) is 11.2. The van der Waals surface area contributed by atoms with E-state index < -0.39 is 11.9 Å². The largest absolute Gasteiger partial charge is 0.481 e. The molecule has 0 spiro atoms. The summed E-state index contributed by atoms with van der Waals surface area (Å²) in [5.41, 5.74) is 0.799. The number of tetrazole rings is 1. The highest BCUT2D eigenvalue weighted by atomic mass is 16.4. The van der Waals surface area contributed by atoms with Crippen LogP contribution in [0.1, 0.15) is 23.7 Å². The van der Waals surface area contributed by atoms with Crippen LogP contribution in [-0.4, -0.2) is 31.7 Å². The van der Waals surface area contributed by atoms with Crippen molar-refractivity contribution in [3.63, 3.8) is 0 Å². The minimum absolute atomic E-state index is 0.468. The predicted molar refractivity (Wildman–Crippen MR) is 59.3 cm³/mol. The number of nitrogens with one attached hydrogen (secondary N) is 1. The van der Waals surface area contributed by atoms with Crippen molar-refractivity contribution < 1.29 is 9.90 Å². The van der Waals surface area contributed by atoms with Crippen molar-refractivity contribution >= 4 is 5.97 Å². The molecule has 0 bridgehead atoms. The van der Waals surface area contributed by atoms with E-state index in [1.54, 1.807) is 0 Å². The van der Waals surface area contributed by atoms with E-state index in [1.165, 1.54) is 0 Å². The van der Waals surface area contributed by atoms with Gasteiger partial charge in [-0.15, -0.1) is 5.10 Å². The summed E-state index contributed by atoms with van der Waals surface area (Å²) in [7, 11) is 0. The van der Waals surface area contributed by atoms with Gasteiger partial charge in [0, 0.05) is 6.42 Å². The second-order valence-electron chi connectivity index (χ2n) is 3.69. The smallest absolute Gasteiger partial charge is 0.310 e. The zero-order valence-corrected chi connectivity index (χ0v) is 9.08. The summed E-state index contributed by atoms with van der Waals surface area (Å²) in [6.45, 7) is 0. The Kier molecular flexibility index (Phi) is 3.44. The molecule has 0 amide bonds. The summed E-state index contributed by atoms with van der Waals surface area (Å²) >= 11 is 0. The minimum Gasteiger partial charge on any atom is -0.481 e. The second-order valence-corrected chi connectivity index (χ2v) is 3.69. The van der Waals surface area contributed by atoms with E-state index in [-0.39, 0.29) is 0 Å².